The molecule has 0 fully saturated rings. The third kappa shape index (κ3) is 7.56. The standard InChI is InChI=1S/C27H26F3N5O3S/c28-27(29,30)24(36)16-39-13-3-6-22(35-25(37)17-7-8-21-23(14-17)32-12-11-31-21)26(38)33-10-9-18-15-34-20-5-2-1-4-19(18)20/h1-2,4-5,7-8,11-12,14-15,22,34H,3,6,9-10,13,16H2,(H,33,38)(H,35,37)/t22-/m0/s1. The van der Waals surface area contributed by atoms with E-state index in [1.54, 1.807) is 24.4 Å². The van der Waals surface area contributed by atoms with E-state index in [9.17, 15) is 27.6 Å². The van der Waals surface area contributed by atoms with Crippen LogP contribution in [0.15, 0.2) is 61.1 Å². The lowest BCUT2D eigenvalue weighted by Crippen LogP contribution is -2.47. The van der Waals surface area contributed by atoms with Crippen LogP contribution in [0, 0.1) is 0 Å². The van der Waals surface area contributed by atoms with Gasteiger partial charge in [0, 0.05) is 41.6 Å². The lowest BCUT2D eigenvalue weighted by atomic mass is 10.1. The molecule has 8 nitrogen and oxygen atoms in total. The molecular weight excluding hydrogens is 531 g/mol. The summed E-state index contributed by atoms with van der Waals surface area (Å²) < 4.78 is 37.3. The molecule has 2 heterocycles. The Labute approximate surface area is 226 Å². The van der Waals surface area contributed by atoms with Gasteiger partial charge in [-0.1, -0.05) is 18.2 Å². The van der Waals surface area contributed by atoms with Crippen LogP contribution in [-0.2, 0) is 16.0 Å². The van der Waals surface area contributed by atoms with Gasteiger partial charge in [-0.3, -0.25) is 24.4 Å². The Hall–Kier alpha value is -3.93. The maximum atomic E-state index is 13.1. The summed E-state index contributed by atoms with van der Waals surface area (Å²) in [5, 5.41) is 6.64. The molecule has 1 atom stereocenters. The quantitative estimate of drug-likeness (QED) is 0.225. The average Bonchev–Trinajstić information content (AvgIpc) is 3.34. The highest BCUT2D eigenvalue weighted by Crippen LogP contribution is 2.20. The summed E-state index contributed by atoms with van der Waals surface area (Å²) in [5.74, 6) is -3.15. The molecule has 0 saturated carbocycles. The summed E-state index contributed by atoms with van der Waals surface area (Å²) in [6.45, 7) is 0.327. The number of fused-ring (bicyclic) bond motifs is 2. The number of thioether (sulfide) groups is 1. The van der Waals surface area contributed by atoms with Crippen LogP contribution in [0.3, 0.4) is 0 Å². The molecule has 204 valence electrons. The third-order valence-corrected chi connectivity index (χ3v) is 7.10. The SMILES string of the molecule is O=C(N[C@@H](CCCSCC(=O)C(F)(F)F)C(=O)NCCc1c[nH]c2ccccc12)c1ccc2nccnc2c1. The van der Waals surface area contributed by atoms with Crippen molar-refractivity contribution < 1.29 is 27.6 Å². The number of rotatable bonds is 12. The molecule has 3 N–H and O–H groups in total. The second-order valence-electron chi connectivity index (χ2n) is 8.80. The molecule has 0 unspecified atom stereocenters. The number of carbonyl (C=O) groups excluding carboxylic acids is 3. The number of nitrogens with one attached hydrogen (secondary N) is 3. The lowest BCUT2D eigenvalue weighted by molar-refractivity contribution is -0.167. The molecule has 39 heavy (non-hydrogen) atoms. The molecule has 4 aromatic rings. The van der Waals surface area contributed by atoms with E-state index in [-0.39, 0.29) is 12.2 Å². The number of aromatic amines is 1. The van der Waals surface area contributed by atoms with Crippen molar-refractivity contribution in [1.29, 1.82) is 0 Å². The van der Waals surface area contributed by atoms with Gasteiger partial charge in [0.1, 0.15) is 6.04 Å². The molecule has 2 aromatic carbocycles. The van der Waals surface area contributed by atoms with Gasteiger partial charge in [-0.05, 0) is 54.8 Å². The lowest BCUT2D eigenvalue weighted by Gasteiger charge is -2.19. The maximum Gasteiger partial charge on any atom is 0.450 e. The summed E-state index contributed by atoms with van der Waals surface area (Å²) in [5.41, 5.74) is 3.46. The van der Waals surface area contributed by atoms with Crippen molar-refractivity contribution in [3.63, 3.8) is 0 Å². The fourth-order valence-corrected chi connectivity index (χ4v) is 4.90. The number of nitrogens with zero attached hydrogens (tertiary/aromatic N) is 2. The van der Waals surface area contributed by atoms with Crippen LogP contribution in [0.1, 0.15) is 28.8 Å². The number of alkyl halides is 3. The van der Waals surface area contributed by atoms with Gasteiger partial charge < -0.3 is 15.6 Å². The number of hydrogen-bond acceptors (Lipinski definition) is 6. The topological polar surface area (TPSA) is 117 Å². The van der Waals surface area contributed by atoms with Gasteiger partial charge >= 0.3 is 6.18 Å². The molecule has 0 aliphatic rings. The summed E-state index contributed by atoms with van der Waals surface area (Å²) >= 11 is 0.843. The van der Waals surface area contributed by atoms with Crippen molar-refractivity contribution >= 4 is 51.3 Å². The summed E-state index contributed by atoms with van der Waals surface area (Å²) in [7, 11) is 0. The van der Waals surface area contributed by atoms with E-state index < -0.39 is 35.6 Å². The predicted molar refractivity (Wildman–Crippen MR) is 143 cm³/mol. The fourth-order valence-electron chi connectivity index (χ4n) is 4.03. The zero-order chi connectivity index (χ0) is 27.8. The number of ketones is 1. The Morgan fingerprint density at radius 3 is 2.59 bits per heavy atom. The van der Waals surface area contributed by atoms with Crippen molar-refractivity contribution in [3.05, 3.63) is 72.2 Å². The van der Waals surface area contributed by atoms with E-state index >= 15 is 0 Å². The first-order valence-corrected chi connectivity index (χ1v) is 13.4. The van der Waals surface area contributed by atoms with Crippen molar-refractivity contribution in [2.45, 2.75) is 31.5 Å². The van der Waals surface area contributed by atoms with Crippen LogP contribution in [0.2, 0.25) is 0 Å². The zero-order valence-corrected chi connectivity index (χ0v) is 21.6. The van der Waals surface area contributed by atoms with Crippen molar-refractivity contribution in [3.8, 4) is 0 Å². The number of carbonyl (C=O) groups is 3. The smallest absolute Gasteiger partial charge is 0.361 e. The number of amides is 2. The third-order valence-electron chi connectivity index (χ3n) is 6.05. The van der Waals surface area contributed by atoms with Crippen LogP contribution in [-0.4, -0.2) is 62.8 Å². The Morgan fingerprint density at radius 2 is 1.79 bits per heavy atom. The molecule has 4 rings (SSSR count). The summed E-state index contributed by atoms with van der Waals surface area (Å²) in [6.07, 6.45) is 1.14. The molecule has 2 amide bonds. The van der Waals surface area contributed by atoms with E-state index in [1.807, 2.05) is 30.5 Å². The first-order valence-electron chi connectivity index (χ1n) is 12.2. The maximum absolute atomic E-state index is 13.1. The number of para-hydroxylation sites is 1. The number of H-pyrrole nitrogens is 1. The minimum absolute atomic E-state index is 0.186. The molecule has 0 bridgehead atoms. The monoisotopic (exact) mass is 557 g/mol. The molecule has 12 heteroatoms. The largest absolute Gasteiger partial charge is 0.450 e. The number of Topliss-reactive ketones (excluding diaryl/α,β-unsaturated/α-hetero) is 1. The van der Waals surface area contributed by atoms with Crippen LogP contribution in [0.4, 0.5) is 13.2 Å². The minimum Gasteiger partial charge on any atom is -0.361 e. The van der Waals surface area contributed by atoms with E-state index in [4.69, 9.17) is 0 Å². The van der Waals surface area contributed by atoms with E-state index in [0.29, 0.717) is 36.0 Å². The fraction of sp³-hybridized carbons (Fsp3) is 0.296. The van der Waals surface area contributed by atoms with E-state index in [1.165, 1.54) is 6.20 Å². The second-order valence-corrected chi connectivity index (χ2v) is 9.91. The summed E-state index contributed by atoms with van der Waals surface area (Å²) in [6, 6.07) is 11.7. The van der Waals surface area contributed by atoms with Gasteiger partial charge in [0.25, 0.3) is 5.91 Å². The Morgan fingerprint density at radius 1 is 1.03 bits per heavy atom. The van der Waals surface area contributed by atoms with E-state index in [2.05, 4.69) is 25.6 Å². The first kappa shape index (κ1) is 28.1. The van der Waals surface area contributed by atoms with Crippen LogP contribution >= 0.6 is 11.8 Å². The number of halogens is 3. The highest BCUT2D eigenvalue weighted by molar-refractivity contribution is 7.99. The van der Waals surface area contributed by atoms with Crippen molar-refractivity contribution in [2.24, 2.45) is 0 Å². The number of hydrogen-bond donors (Lipinski definition) is 3. The van der Waals surface area contributed by atoms with Crippen molar-refractivity contribution in [2.75, 3.05) is 18.1 Å². The van der Waals surface area contributed by atoms with E-state index in [0.717, 1.165) is 28.2 Å². The average molecular weight is 558 g/mol. The second kappa shape index (κ2) is 12.7. The van der Waals surface area contributed by atoms with Gasteiger partial charge in [-0.15, -0.1) is 0 Å². The van der Waals surface area contributed by atoms with Gasteiger partial charge in [-0.2, -0.15) is 24.9 Å². The summed E-state index contributed by atoms with van der Waals surface area (Å²) in [4.78, 5) is 48.7. The van der Waals surface area contributed by atoms with Crippen LogP contribution in [0.5, 0.6) is 0 Å². The molecule has 0 radical (unpaired) electrons. The Bertz CT molecular complexity index is 1470. The number of benzene rings is 2. The van der Waals surface area contributed by atoms with Crippen molar-refractivity contribution in [1.82, 2.24) is 25.6 Å². The molecule has 0 aliphatic heterocycles. The molecule has 0 spiro atoms. The highest BCUT2D eigenvalue weighted by atomic mass is 32.2. The molecule has 0 aliphatic carbocycles. The normalized spacial score (nSPS) is 12.4. The molecular formula is C27H26F3N5O3S. The Balaban J connectivity index is 1.37. The van der Waals surface area contributed by atoms with Crippen LogP contribution < -0.4 is 10.6 Å². The number of aromatic nitrogens is 3. The van der Waals surface area contributed by atoms with Gasteiger partial charge in [0.15, 0.2) is 0 Å². The predicted octanol–water partition coefficient (Wildman–Crippen LogP) is 4.21. The van der Waals surface area contributed by atoms with Crippen LogP contribution in [0.25, 0.3) is 21.9 Å². The van der Waals surface area contributed by atoms with Gasteiger partial charge in [0.2, 0.25) is 11.7 Å². The highest BCUT2D eigenvalue weighted by Gasteiger charge is 2.37. The zero-order valence-electron chi connectivity index (χ0n) is 20.8. The minimum atomic E-state index is -4.86. The Kier molecular flexibility index (Phi) is 9.18. The van der Waals surface area contributed by atoms with Gasteiger partial charge in [0.05, 0.1) is 16.8 Å². The van der Waals surface area contributed by atoms with Gasteiger partial charge in [-0.25, -0.2) is 0 Å². The first-order chi connectivity index (χ1) is 18.7. The molecule has 2 aromatic heterocycles. The molecule has 0 saturated heterocycles.